The van der Waals surface area contributed by atoms with Crippen LogP contribution in [0.25, 0.3) is 0 Å². The molecule has 11 heavy (non-hydrogen) atoms. The predicted molar refractivity (Wildman–Crippen MR) is 37.6 cm³/mol. The zero-order valence-corrected chi connectivity index (χ0v) is 6.92. The number of rotatable bonds is 0. The molecule has 0 aromatic heterocycles. The molecule has 0 saturated heterocycles. The van der Waals surface area contributed by atoms with E-state index in [1.807, 2.05) is 12.2 Å². The van der Waals surface area contributed by atoms with Crippen molar-refractivity contribution in [1.82, 2.24) is 0 Å². The summed E-state index contributed by atoms with van der Waals surface area (Å²) in [5, 5.41) is 0. The first-order valence-corrected chi connectivity index (χ1v) is 4.08. The van der Waals surface area contributed by atoms with Crippen LogP contribution >= 0.6 is 0 Å². The third kappa shape index (κ3) is 9.16. The molecule has 3 heteroatoms. The van der Waals surface area contributed by atoms with Crippen LogP contribution in [0.4, 0.5) is 0 Å². The zero-order valence-electron chi connectivity index (χ0n) is 5.82. The number of carbonyl (C=O) groups excluding carboxylic acids is 2. The normalized spacial score (nSPS) is 12.4. The Morgan fingerprint density at radius 2 is 2.09 bits per heavy atom. The summed E-state index contributed by atoms with van der Waals surface area (Å²) in [6.07, 6.45) is 11.5. The molecule has 0 bridgehead atoms. The Morgan fingerprint density at radius 3 is 2.18 bits per heavy atom. The molecular formula is C8H7FeO2-. The summed E-state index contributed by atoms with van der Waals surface area (Å²) < 4.78 is 0. The van der Waals surface area contributed by atoms with Gasteiger partial charge in [-0.2, -0.15) is 6.08 Å². The van der Waals surface area contributed by atoms with Crippen molar-refractivity contribution in [2.45, 2.75) is 12.8 Å². The van der Waals surface area contributed by atoms with Gasteiger partial charge in [0, 0.05) is 0 Å². The Balaban J connectivity index is 0.000000187. The van der Waals surface area contributed by atoms with E-state index < -0.39 is 0 Å². The average Bonchev–Trinajstić information content (AvgIpc) is 2.10. The van der Waals surface area contributed by atoms with Crippen LogP contribution in [0.15, 0.2) is 18.2 Å². The van der Waals surface area contributed by atoms with E-state index in [2.05, 4.69) is 12.2 Å². The Hall–Kier alpha value is -0.841. The van der Waals surface area contributed by atoms with Crippen LogP contribution in [0.5, 0.6) is 0 Å². The summed E-state index contributed by atoms with van der Waals surface area (Å²) in [5.74, 6) is 0. The molecule has 0 saturated carbocycles. The van der Waals surface area contributed by atoms with Crippen LogP contribution in [0.3, 0.4) is 0 Å². The molecule has 0 spiro atoms. The fourth-order valence-electron chi connectivity index (χ4n) is 0.497. The maximum atomic E-state index is 9.02. The first kappa shape index (κ1) is 10.2. The summed E-state index contributed by atoms with van der Waals surface area (Å²) in [5.41, 5.74) is 0. The third-order valence-electron chi connectivity index (χ3n) is 0.878. The van der Waals surface area contributed by atoms with Gasteiger partial charge in [0.05, 0.1) is 0 Å². The molecular weight excluding hydrogens is 184 g/mol. The van der Waals surface area contributed by atoms with Gasteiger partial charge in [-0.1, -0.05) is 6.42 Å². The molecule has 0 aliphatic heterocycles. The molecule has 0 radical (unpaired) electrons. The predicted octanol–water partition coefficient (Wildman–Crippen LogP) is 0.899. The van der Waals surface area contributed by atoms with Gasteiger partial charge in [-0.05, 0) is 0 Å². The van der Waals surface area contributed by atoms with Gasteiger partial charge in [0.25, 0.3) is 0 Å². The zero-order chi connectivity index (χ0) is 8.36. The van der Waals surface area contributed by atoms with Gasteiger partial charge >= 0.3 is 33.2 Å². The minimum absolute atomic E-state index is 0.222. The Morgan fingerprint density at radius 1 is 1.36 bits per heavy atom. The SMILES string of the molecule is O=[C]=[Fe]=[C]=O.[C-]1=CC=CCC1. The number of hydrogen-bond acceptors (Lipinski definition) is 2. The van der Waals surface area contributed by atoms with E-state index >= 15 is 0 Å². The van der Waals surface area contributed by atoms with Gasteiger partial charge in [-0.3, -0.25) is 6.08 Å². The fraction of sp³-hybridized carbons (Fsp3) is 0.250. The first-order chi connectivity index (χ1) is 5.41. The van der Waals surface area contributed by atoms with Crippen LogP contribution in [-0.2, 0) is 23.7 Å². The monoisotopic (exact) mass is 191 g/mol. The molecule has 0 unspecified atom stereocenters. The van der Waals surface area contributed by atoms with Crippen LogP contribution in [-0.4, -0.2) is 9.57 Å². The maximum absolute atomic E-state index is 9.02. The van der Waals surface area contributed by atoms with Crippen molar-refractivity contribution in [2.24, 2.45) is 0 Å². The molecule has 0 atom stereocenters. The molecule has 0 N–H and O–H groups in total. The molecule has 0 heterocycles. The summed E-state index contributed by atoms with van der Waals surface area (Å²) in [4.78, 5) is 20.7. The van der Waals surface area contributed by atoms with Crippen LogP contribution in [0.1, 0.15) is 12.8 Å². The molecule has 60 valence electrons. The van der Waals surface area contributed by atoms with Gasteiger partial charge in [0.1, 0.15) is 0 Å². The molecule has 1 rings (SSSR count). The van der Waals surface area contributed by atoms with E-state index in [0.717, 1.165) is 6.42 Å². The van der Waals surface area contributed by atoms with E-state index in [-0.39, 0.29) is 14.1 Å². The Kier molecular flexibility index (Phi) is 8.46. The van der Waals surface area contributed by atoms with Crippen molar-refractivity contribution in [3.8, 4) is 0 Å². The van der Waals surface area contributed by atoms with Crippen molar-refractivity contribution in [3.05, 3.63) is 24.3 Å². The van der Waals surface area contributed by atoms with Crippen molar-refractivity contribution in [1.29, 1.82) is 0 Å². The third-order valence-corrected chi connectivity index (χ3v) is 1.10. The van der Waals surface area contributed by atoms with Gasteiger partial charge in [-0.25, -0.2) is 12.2 Å². The van der Waals surface area contributed by atoms with E-state index in [9.17, 15) is 0 Å². The molecule has 0 amide bonds. The van der Waals surface area contributed by atoms with E-state index in [1.54, 1.807) is 0 Å². The summed E-state index contributed by atoms with van der Waals surface area (Å²) in [6, 6.07) is 0. The van der Waals surface area contributed by atoms with Crippen LogP contribution in [0.2, 0.25) is 0 Å². The largest absolute Gasteiger partial charge is 0.275 e. The van der Waals surface area contributed by atoms with Crippen molar-refractivity contribution in [2.75, 3.05) is 0 Å². The second-order valence-corrected chi connectivity index (χ2v) is 2.30. The van der Waals surface area contributed by atoms with E-state index in [1.165, 1.54) is 16.0 Å². The average molecular weight is 191 g/mol. The molecule has 0 fully saturated rings. The minimum atomic E-state index is -0.222. The van der Waals surface area contributed by atoms with E-state index in [0.29, 0.717) is 0 Å². The van der Waals surface area contributed by atoms with E-state index in [4.69, 9.17) is 9.59 Å². The summed E-state index contributed by atoms with van der Waals surface area (Å²) in [7, 11) is 0. The van der Waals surface area contributed by atoms with Gasteiger partial charge in [-0.15, -0.1) is 6.42 Å². The topological polar surface area (TPSA) is 34.1 Å². The summed E-state index contributed by atoms with van der Waals surface area (Å²) >= 11 is -0.222. The second kappa shape index (κ2) is 9.16. The quantitative estimate of drug-likeness (QED) is 0.421. The molecule has 0 aromatic carbocycles. The van der Waals surface area contributed by atoms with Crippen molar-refractivity contribution >= 4 is 9.57 Å². The molecule has 2 nitrogen and oxygen atoms in total. The molecule has 1 aliphatic rings. The minimum Gasteiger partial charge on any atom is -0.275 e. The fourth-order valence-corrected chi connectivity index (χ4v) is 0.543. The first-order valence-electron chi connectivity index (χ1n) is 2.98. The summed E-state index contributed by atoms with van der Waals surface area (Å²) in [6.45, 7) is 0. The van der Waals surface area contributed by atoms with Gasteiger partial charge < -0.3 is 0 Å². The van der Waals surface area contributed by atoms with Crippen molar-refractivity contribution in [3.63, 3.8) is 0 Å². The second-order valence-electron chi connectivity index (χ2n) is 1.57. The number of allylic oxidation sites excluding steroid dienone is 4. The van der Waals surface area contributed by atoms with Crippen molar-refractivity contribution < 1.29 is 23.7 Å². The Bertz CT molecular complexity index is 225. The van der Waals surface area contributed by atoms with Crippen LogP contribution < -0.4 is 0 Å². The maximum Gasteiger partial charge on any atom is -0.0639 e. The Labute approximate surface area is 70.8 Å². The molecule has 0 aromatic rings. The number of hydrogen-bond donors (Lipinski definition) is 0. The molecule has 1 aliphatic carbocycles. The van der Waals surface area contributed by atoms with Gasteiger partial charge in [0.15, 0.2) is 0 Å². The van der Waals surface area contributed by atoms with Crippen LogP contribution in [0, 0.1) is 6.08 Å². The standard InChI is InChI=1S/C6H7.2CO.Fe/c1-2-4-6-5-3-1;2*1-2;/h1-3H,4,6H2;;;/q-1;;;. The smallest absolute Gasteiger partial charge is 0.0639 e. The van der Waals surface area contributed by atoms with Gasteiger partial charge in [0.2, 0.25) is 0 Å².